The third-order valence-corrected chi connectivity index (χ3v) is 4.39. The van der Waals surface area contributed by atoms with E-state index in [2.05, 4.69) is 116 Å². The second-order valence-corrected chi connectivity index (χ2v) is 8.20. The number of benzene rings is 3. The fraction of sp³-hybridized carbons (Fsp3) is 0.333. The number of hydrogen-bond acceptors (Lipinski definition) is 0. The molecule has 0 bridgehead atoms. The Balaban J connectivity index is 0.000000400. The molecule has 0 aliphatic heterocycles. The van der Waals surface area contributed by atoms with Crippen molar-refractivity contribution in [2.45, 2.75) is 67.2 Å². The molecular weight excluding hydrogens is 360 g/mol. The Labute approximate surface area is 186 Å². The average Bonchev–Trinajstić information content (AvgIpc) is 2.70. The first-order chi connectivity index (χ1) is 14.2. The van der Waals surface area contributed by atoms with E-state index in [1.54, 1.807) is 6.08 Å². The summed E-state index contributed by atoms with van der Waals surface area (Å²) in [7, 11) is 0. The summed E-state index contributed by atoms with van der Waals surface area (Å²) in [5.74, 6) is 1.31. The number of aryl methyl sites for hydroxylation is 3. The predicted molar refractivity (Wildman–Crippen MR) is 138 cm³/mol. The van der Waals surface area contributed by atoms with Crippen LogP contribution >= 0.6 is 0 Å². The second kappa shape index (κ2) is 16.2. The summed E-state index contributed by atoms with van der Waals surface area (Å²) in [6.07, 6.45) is 1.75. The quantitative estimate of drug-likeness (QED) is 0.374. The molecule has 0 amide bonds. The van der Waals surface area contributed by atoms with E-state index in [1.807, 2.05) is 25.1 Å². The van der Waals surface area contributed by atoms with Gasteiger partial charge in [0.05, 0.1) is 0 Å². The highest BCUT2D eigenvalue weighted by molar-refractivity contribution is 5.24. The van der Waals surface area contributed by atoms with Crippen LogP contribution in [0, 0.1) is 20.8 Å². The molecular formula is C30H42. The minimum absolute atomic E-state index is 0.653. The van der Waals surface area contributed by atoms with Crippen molar-refractivity contribution in [1.82, 2.24) is 0 Å². The summed E-state index contributed by atoms with van der Waals surface area (Å²) < 4.78 is 0. The van der Waals surface area contributed by atoms with E-state index in [1.165, 1.54) is 27.8 Å². The van der Waals surface area contributed by atoms with Crippen molar-refractivity contribution in [2.24, 2.45) is 0 Å². The highest BCUT2D eigenvalue weighted by atomic mass is 14.0. The van der Waals surface area contributed by atoms with Crippen LogP contribution in [-0.2, 0) is 0 Å². The lowest BCUT2D eigenvalue weighted by molar-refractivity contribution is 0.865. The molecule has 3 aromatic rings. The van der Waals surface area contributed by atoms with Gasteiger partial charge in [-0.15, -0.1) is 6.58 Å². The average molecular weight is 403 g/mol. The Hall–Kier alpha value is -2.60. The largest absolute Gasteiger partial charge is 0.103 e. The first kappa shape index (κ1) is 27.4. The van der Waals surface area contributed by atoms with Gasteiger partial charge in [0.15, 0.2) is 0 Å². The lowest BCUT2D eigenvalue weighted by Gasteiger charge is -2.04. The molecule has 0 atom stereocenters. The number of allylic oxidation sites excluding steroid dienone is 1. The summed E-state index contributed by atoms with van der Waals surface area (Å²) in [5, 5.41) is 0. The van der Waals surface area contributed by atoms with Crippen LogP contribution in [0.1, 0.15) is 74.3 Å². The SMILES string of the molecule is C=CC.Cc1ccc(C(C)C)cc1.Cc1cccc(C(C)C)c1.Cc1ccccc1. The molecule has 0 spiro atoms. The molecule has 0 saturated carbocycles. The zero-order chi connectivity index (χ0) is 22.9. The zero-order valence-corrected chi connectivity index (χ0v) is 20.4. The van der Waals surface area contributed by atoms with E-state index < -0.39 is 0 Å². The van der Waals surface area contributed by atoms with Crippen LogP contribution in [0.15, 0.2) is 91.5 Å². The monoisotopic (exact) mass is 402 g/mol. The molecule has 3 rings (SSSR count). The van der Waals surface area contributed by atoms with Crippen LogP contribution in [-0.4, -0.2) is 0 Å². The summed E-state index contributed by atoms with van der Waals surface area (Å²) >= 11 is 0. The van der Waals surface area contributed by atoms with Crippen molar-refractivity contribution >= 4 is 0 Å². The van der Waals surface area contributed by atoms with Gasteiger partial charge in [-0.3, -0.25) is 0 Å². The van der Waals surface area contributed by atoms with Gasteiger partial charge in [0.25, 0.3) is 0 Å². The Morgan fingerprint density at radius 3 is 1.33 bits per heavy atom. The van der Waals surface area contributed by atoms with E-state index >= 15 is 0 Å². The van der Waals surface area contributed by atoms with Gasteiger partial charge in [-0.25, -0.2) is 0 Å². The molecule has 0 saturated heterocycles. The summed E-state index contributed by atoms with van der Waals surface area (Å²) in [5.41, 5.74) is 6.86. The molecule has 0 aliphatic rings. The molecule has 0 nitrogen and oxygen atoms in total. The van der Waals surface area contributed by atoms with Crippen molar-refractivity contribution in [3.8, 4) is 0 Å². The van der Waals surface area contributed by atoms with Crippen LogP contribution in [0.5, 0.6) is 0 Å². The summed E-state index contributed by atoms with van der Waals surface area (Å²) in [6.45, 7) is 20.4. The van der Waals surface area contributed by atoms with E-state index in [-0.39, 0.29) is 0 Å². The van der Waals surface area contributed by atoms with Crippen LogP contribution in [0.25, 0.3) is 0 Å². The maximum Gasteiger partial charge on any atom is -0.0219 e. The first-order valence-corrected chi connectivity index (χ1v) is 10.9. The molecule has 0 radical (unpaired) electrons. The van der Waals surface area contributed by atoms with Crippen LogP contribution < -0.4 is 0 Å². The Kier molecular flexibility index (Phi) is 14.8. The fourth-order valence-electron chi connectivity index (χ4n) is 2.51. The molecule has 0 heterocycles. The van der Waals surface area contributed by atoms with Gasteiger partial charge in [-0.05, 0) is 50.7 Å². The standard InChI is InChI=1S/2C10H14.C7H8.C3H6/c1-8(2)10-6-4-9(3)5-7-10;1-8(2)10-6-4-5-9(3)7-10;1-7-5-3-2-4-6-7;1-3-2/h2*4-8H,1-3H3;2-6H,1H3;3H,1H2,2H3. The smallest absolute Gasteiger partial charge is 0.0219 e. The number of rotatable bonds is 2. The van der Waals surface area contributed by atoms with E-state index in [0.717, 1.165) is 0 Å². The molecule has 0 fully saturated rings. The van der Waals surface area contributed by atoms with E-state index in [9.17, 15) is 0 Å². The van der Waals surface area contributed by atoms with E-state index in [4.69, 9.17) is 0 Å². The highest BCUT2D eigenvalue weighted by Crippen LogP contribution is 2.15. The third-order valence-electron chi connectivity index (χ3n) is 4.39. The minimum atomic E-state index is 0.653. The molecule has 30 heavy (non-hydrogen) atoms. The molecule has 0 aromatic heterocycles. The molecule has 3 aromatic carbocycles. The second-order valence-electron chi connectivity index (χ2n) is 8.20. The summed E-state index contributed by atoms with van der Waals surface area (Å²) in [6, 6.07) is 27.6. The molecule has 0 unspecified atom stereocenters. The predicted octanol–water partition coefficient (Wildman–Crippen LogP) is 9.42. The van der Waals surface area contributed by atoms with Gasteiger partial charge in [-0.2, -0.15) is 0 Å². The Morgan fingerprint density at radius 2 is 1.00 bits per heavy atom. The lowest BCUT2D eigenvalue weighted by Crippen LogP contribution is -1.86. The summed E-state index contributed by atoms with van der Waals surface area (Å²) in [4.78, 5) is 0. The molecule has 0 heteroatoms. The molecule has 0 aliphatic carbocycles. The Morgan fingerprint density at radius 1 is 0.567 bits per heavy atom. The van der Waals surface area contributed by atoms with Crippen molar-refractivity contribution in [3.63, 3.8) is 0 Å². The fourth-order valence-corrected chi connectivity index (χ4v) is 2.51. The van der Waals surface area contributed by atoms with Gasteiger partial charge in [0.1, 0.15) is 0 Å². The minimum Gasteiger partial charge on any atom is -0.103 e. The normalized spacial score (nSPS) is 9.40. The maximum absolute atomic E-state index is 3.36. The topological polar surface area (TPSA) is 0 Å². The van der Waals surface area contributed by atoms with Crippen molar-refractivity contribution in [3.05, 3.63) is 119 Å². The lowest BCUT2D eigenvalue weighted by atomic mass is 10.0. The Bertz CT molecular complexity index is 793. The highest BCUT2D eigenvalue weighted by Gasteiger charge is 1.96. The van der Waals surface area contributed by atoms with Crippen LogP contribution in [0.2, 0.25) is 0 Å². The van der Waals surface area contributed by atoms with Crippen molar-refractivity contribution in [1.29, 1.82) is 0 Å². The maximum atomic E-state index is 3.36. The van der Waals surface area contributed by atoms with Gasteiger partial charge < -0.3 is 0 Å². The van der Waals surface area contributed by atoms with Gasteiger partial charge in [-0.1, -0.05) is 129 Å². The third kappa shape index (κ3) is 13.6. The first-order valence-electron chi connectivity index (χ1n) is 10.9. The molecule has 0 N–H and O–H groups in total. The van der Waals surface area contributed by atoms with Gasteiger partial charge in [0, 0.05) is 0 Å². The molecule has 162 valence electrons. The van der Waals surface area contributed by atoms with Crippen molar-refractivity contribution in [2.75, 3.05) is 0 Å². The van der Waals surface area contributed by atoms with E-state index in [0.29, 0.717) is 11.8 Å². The van der Waals surface area contributed by atoms with Gasteiger partial charge in [0.2, 0.25) is 0 Å². The van der Waals surface area contributed by atoms with Crippen LogP contribution in [0.3, 0.4) is 0 Å². The van der Waals surface area contributed by atoms with Crippen LogP contribution in [0.4, 0.5) is 0 Å². The zero-order valence-electron chi connectivity index (χ0n) is 20.4. The van der Waals surface area contributed by atoms with Gasteiger partial charge >= 0.3 is 0 Å². The number of hydrogen-bond donors (Lipinski definition) is 0. The van der Waals surface area contributed by atoms with Crippen molar-refractivity contribution < 1.29 is 0 Å².